The highest BCUT2D eigenvalue weighted by Gasteiger charge is 2.74. The third-order valence-electron chi connectivity index (χ3n) is 7.30. The predicted octanol–water partition coefficient (Wildman–Crippen LogP) is 2.72. The molecule has 1 aromatic carbocycles. The van der Waals surface area contributed by atoms with Crippen molar-refractivity contribution in [3.05, 3.63) is 66.6 Å². The number of benzene rings is 1. The Bertz CT molecular complexity index is 1090. The number of fused-ring (bicyclic) bond motifs is 2. The Kier molecular flexibility index (Phi) is 3.84. The van der Waals surface area contributed by atoms with Gasteiger partial charge >= 0.3 is 0 Å². The highest BCUT2D eigenvalue weighted by atomic mass is 16.5. The fourth-order valence-electron chi connectivity index (χ4n) is 6.01. The van der Waals surface area contributed by atoms with Crippen LogP contribution in [0.4, 0.5) is 5.69 Å². The molecule has 7 heteroatoms. The molecular weight excluding hydrogens is 396 g/mol. The Hall–Kier alpha value is -3.19. The molecule has 2 aromatic rings. The molecular formula is C24H22N2O5. The van der Waals surface area contributed by atoms with Crippen molar-refractivity contribution in [3.63, 3.8) is 0 Å². The Morgan fingerprint density at radius 2 is 1.97 bits per heavy atom. The summed E-state index contributed by atoms with van der Waals surface area (Å²) >= 11 is 0. The van der Waals surface area contributed by atoms with E-state index in [2.05, 4.69) is 5.32 Å². The lowest BCUT2D eigenvalue weighted by Crippen LogP contribution is -2.55. The molecule has 7 atom stereocenters. The summed E-state index contributed by atoms with van der Waals surface area (Å²) in [5.41, 5.74) is -0.297. The van der Waals surface area contributed by atoms with Crippen molar-refractivity contribution in [2.45, 2.75) is 37.1 Å². The maximum atomic E-state index is 13.8. The molecule has 6 rings (SSSR count). The summed E-state index contributed by atoms with van der Waals surface area (Å²) < 4.78 is 11.9. The van der Waals surface area contributed by atoms with E-state index in [1.807, 2.05) is 49.4 Å². The topological polar surface area (TPSA) is 88.9 Å². The molecule has 1 N–H and O–H groups in total. The number of rotatable bonds is 3. The molecule has 7 nitrogen and oxygen atoms in total. The lowest BCUT2D eigenvalue weighted by Gasteiger charge is -2.43. The molecule has 2 amide bonds. The van der Waals surface area contributed by atoms with Crippen molar-refractivity contribution in [3.8, 4) is 0 Å². The van der Waals surface area contributed by atoms with Crippen molar-refractivity contribution >= 4 is 23.3 Å². The number of piperidine rings is 1. The number of carbonyl (C=O) groups excluding carboxylic acids is 3. The average Bonchev–Trinajstić information content (AvgIpc) is 3.54. The minimum absolute atomic E-state index is 0.0723. The van der Waals surface area contributed by atoms with Gasteiger partial charge in [-0.1, -0.05) is 37.3 Å². The summed E-state index contributed by atoms with van der Waals surface area (Å²) in [5.74, 6) is -1.44. The van der Waals surface area contributed by atoms with Gasteiger partial charge in [-0.15, -0.1) is 0 Å². The van der Waals surface area contributed by atoms with Gasteiger partial charge in [0, 0.05) is 18.0 Å². The van der Waals surface area contributed by atoms with Crippen LogP contribution in [0.25, 0.3) is 0 Å². The monoisotopic (exact) mass is 418 g/mol. The van der Waals surface area contributed by atoms with E-state index in [4.69, 9.17) is 9.15 Å². The normalized spacial score (nSPS) is 37.8. The van der Waals surface area contributed by atoms with Crippen LogP contribution in [0.1, 0.15) is 25.1 Å². The number of hydrogen-bond acceptors (Lipinski definition) is 5. The molecule has 1 spiro atoms. The standard InChI is InChI=1S/C24H22N2O5/c1-13-16(27)12-15(17-8-5-11-30-17)26-21(13)24-10-9-18(31-24)19(20(24)23(26)29)22(28)25-14-6-3-2-4-7-14/h2-11,13,15,18-21H,12H2,1H3,(H,25,28)/t13?,15?,18?,19?,20?,21?,24-/m0/s1. The minimum atomic E-state index is -0.971. The van der Waals surface area contributed by atoms with Gasteiger partial charge in [0.2, 0.25) is 11.8 Å². The molecule has 5 heterocycles. The highest BCUT2D eigenvalue weighted by Crippen LogP contribution is 2.59. The Labute approximate surface area is 179 Å². The number of nitrogens with zero attached hydrogens (tertiary/aromatic N) is 1. The van der Waals surface area contributed by atoms with E-state index in [9.17, 15) is 14.4 Å². The molecule has 3 fully saturated rings. The lowest BCUT2D eigenvalue weighted by atomic mass is 9.70. The third-order valence-corrected chi connectivity index (χ3v) is 7.30. The Morgan fingerprint density at radius 3 is 2.71 bits per heavy atom. The van der Waals surface area contributed by atoms with Crippen LogP contribution in [0.2, 0.25) is 0 Å². The molecule has 31 heavy (non-hydrogen) atoms. The van der Waals surface area contributed by atoms with Crippen LogP contribution in [-0.2, 0) is 19.1 Å². The number of furan rings is 1. The predicted molar refractivity (Wildman–Crippen MR) is 110 cm³/mol. The van der Waals surface area contributed by atoms with E-state index in [1.165, 1.54) is 0 Å². The first kappa shape index (κ1) is 18.6. The van der Waals surface area contributed by atoms with E-state index in [0.717, 1.165) is 0 Å². The van der Waals surface area contributed by atoms with Gasteiger partial charge in [-0.2, -0.15) is 0 Å². The Morgan fingerprint density at radius 1 is 1.16 bits per heavy atom. The zero-order valence-electron chi connectivity index (χ0n) is 16.9. The Balaban J connectivity index is 1.40. The van der Waals surface area contributed by atoms with Gasteiger partial charge in [0.25, 0.3) is 0 Å². The van der Waals surface area contributed by atoms with Gasteiger partial charge in [-0.05, 0) is 24.3 Å². The number of ether oxygens (including phenoxy) is 1. The lowest BCUT2D eigenvalue weighted by molar-refractivity contribution is -0.147. The summed E-state index contributed by atoms with van der Waals surface area (Å²) in [6.07, 6.45) is 5.05. The summed E-state index contributed by atoms with van der Waals surface area (Å²) in [5, 5.41) is 2.93. The summed E-state index contributed by atoms with van der Waals surface area (Å²) in [4.78, 5) is 41.8. The molecule has 1 aromatic heterocycles. The average molecular weight is 418 g/mol. The maximum absolute atomic E-state index is 13.8. The molecule has 6 unspecified atom stereocenters. The number of nitrogens with one attached hydrogen (secondary N) is 1. The van der Waals surface area contributed by atoms with Crippen molar-refractivity contribution in [2.75, 3.05) is 5.32 Å². The van der Waals surface area contributed by atoms with Crippen molar-refractivity contribution in [1.82, 2.24) is 4.90 Å². The van der Waals surface area contributed by atoms with Crippen LogP contribution in [0.15, 0.2) is 65.3 Å². The number of Topliss-reactive ketones (excluding diaryl/α,β-unsaturated/α-hetero) is 1. The van der Waals surface area contributed by atoms with E-state index < -0.39 is 35.6 Å². The second kappa shape index (κ2) is 6.40. The van der Waals surface area contributed by atoms with Crippen LogP contribution in [0.3, 0.4) is 0 Å². The van der Waals surface area contributed by atoms with Gasteiger partial charge in [0.1, 0.15) is 17.1 Å². The largest absolute Gasteiger partial charge is 0.467 e. The second-order valence-electron chi connectivity index (χ2n) is 8.83. The number of carbonyl (C=O) groups is 3. The quantitative estimate of drug-likeness (QED) is 0.775. The third kappa shape index (κ3) is 2.41. The molecule has 2 bridgehead atoms. The maximum Gasteiger partial charge on any atom is 0.231 e. The molecule has 3 saturated heterocycles. The van der Waals surface area contributed by atoms with Gasteiger partial charge in [0.15, 0.2) is 0 Å². The first-order valence-electron chi connectivity index (χ1n) is 10.6. The van der Waals surface area contributed by atoms with E-state index >= 15 is 0 Å². The van der Waals surface area contributed by atoms with E-state index in [0.29, 0.717) is 11.4 Å². The smallest absolute Gasteiger partial charge is 0.231 e. The van der Waals surface area contributed by atoms with Crippen molar-refractivity contribution in [2.24, 2.45) is 17.8 Å². The van der Waals surface area contributed by atoms with Gasteiger partial charge in [-0.25, -0.2) is 0 Å². The number of para-hydroxylation sites is 1. The molecule has 158 valence electrons. The zero-order valence-corrected chi connectivity index (χ0v) is 16.9. The molecule has 4 aliphatic heterocycles. The zero-order chi connectivity index (χ0) is 21.3. The fourth-order valence-corrected chi connectivity index (χ4v) is 6.01. The summed E-state index contributed by atoms with van der Waals surface area (Å²) in [6.45, 7) is 1.85. The number of ketones is 1. The fraction of sp³-hybridized carbons (Fsp3) is 0.375. The first-order valence-corrected chi connectivity index (χ1v) is 10.6. The second-order valence-corrected chi connectivity index (χ2v) is 8.83. The highest BCUT2D eigenvalue weighted by molar-refractivity contribution is 6.00. The summed E-state index contributed by atoms with van der Waals surface area (Å²) in [7, 11) is 0. The van der Waals surface area contributed by atoms with Crippen LogP contribution < -0.4 is 5.32 Å². The van der Waals surface area contributed by atoms with Crippen LogP contribution in [-0.4, -0.2) is 40.2 Å². The van der Waals surface area contributed by atoms with Gasteiger partial charge in [-0.3, -0.25) is 14.4 Å². The summed E-state index contributed by atoms with van der Waals surface area (Å²) in [6, 6.07) is 11.8. The van der Waals surface area contributed by atoms with Crippen LogP contribution in [0.5, 0.6) is 0 Å². The first-order chi connectivity index (χ1) is 15.0. The van der Waals surface area contributed by atoms with Gasteiger partial charge in [0.05, 0.1) is 36.3 Å². The molecule has 0 radical (unpaired) electrons. The SMILES string of the molecule is CC1C(=O)CC(c2ccco2)N2C(=O)C3C(C(=O)Nc4ccccc4)C4C=C[C@@]3(O4)C12. The van der Waals surface area contributed by atoms with Crippen LogP contribution >= 0.6 is 0 Å². The van der Waals surface area contributed by atoms with E-state index in [-0.39, 0.29) is 29.9 Å². The molecule has 0 saturated carbocycles. The minimum Gasteiger partial charge on any atom is -0.467 e. The van der Waals surface area contributed by atoms with E-state index in [1.54, 1.807) is 23.3 Å². The van der Waals surface area contributed by atoms with Crippen molar-refractivity contribution < 1.29 is 23.5 Å². The number of anilines is 1. The van der Waals surface area contributed by atoms with Crippen LogP contribution in [0, 0.1) is 17.8 Å². The van der Waals surface area contributed by atoms with Crippen molar-refractivity contribution in [1.29, 1.82) is 0 Å². The molecule has 0 aliphatic carbocycles. The van der Waals surface area contributed by atoms with Gasteiger partial charge < -0.3 is 19.4 Å². The number of hydrogen-bond donors (Lipinski definition) is 1. The number of amides is 2. The molecule has 4 aliphatic rings.